The van der Waals surface area contributed by atoms with Crippen LogP contribution in [0.15, 0.2) is 192 Å². The standard InChI is InChI=1S/C46H31NO/c1-3-11-32(12-4-1)34-21-25-40(26-22-34)47(39-15-5-2-6-16-39)41-27-23-35(24-28-41)43-30-38(37-20-19-33-13-7-8-14-36(33)29-37)31-44-42-17-9-10-18-45(42)48-46(43)44/h1-31H. The van der Waals surface area contributed by atoms with Gasteiger partial charge in [0.15, 0.2) is 0 Å². The van der Waals surface area contributed by atoms with Crippen molar-refractivity contribution in [3.05, 3.63) is 188 Å². The van der Waals surface area contributed by atoms with Gasteiger partial charge in [0.2, 0.25) is 0 Å². The van der Waals surface area contributed by atoms with E-state index in [9.17, 15) is 0 Å². The Morgan fingerprint density at radius 3 is 1.65 bits per heavy atom. The van der Waals surface area contributed by atoms with Crippen LogP contribution in [0, 0.1) is 0 Å². The predicted octanol–water partition coefficient (Wildman–Crippen LogP) is 13.2. The van der Waals surface area contributed by atoms with E-state index in [2.05, 4.69) is 187 Å². The number of anilines is 3. The van der Waals surface area contributed by atoms with Crippen molar-refractivity contribution in [1.29, 1.82) is 0 Å². The molecule has 48 heavy (non-hydrogen) atoms. The smallest absolute Gasteiger partial charge is 0.143 e. The second kappa shape index (κ2) is 11.8. The van der Waals surface area contributed by atoms with E-state index in [1.807, 2.05) is 6.07 Å². The Kier molecular flexibility index (Phi) is 6.84. The molecule has 0 bridgehead atoms. The maximum absolute atomic E-state index is 6.55. The molecule has 0 aliphatic rings. The fourth-order valence-electron chi connectivity index (χ4n) is 6.82. The monoisotopic (exact) mass is 613 g/mol. The van der Waals surface area contributed by atoms with Gasteiger partial charge < -0.3 is 9.32 Å². The Hall–Kier alpha value is -6.38. The molecule has 1 heterocycles. The predicted molar refractivity (Wildman–Crippen MR) is 202 cm³/mol. The molecule has 2 heteroatoms. The second-order valence-corrected chi connectivity index (χ2v) is 12.2. The lowest BCUT2D eigenvalue weighted by molar-refractivity contribution is 0.670. The molecule has 0 N–H and O–H groups in total. The van der Waals surface area contributed by atoms with Crippen molar-refractivity contribution < 1.29 is 4.42 Å². The number of furan rings is 1. The number of nitrogens with zero attached hydrogens (tertiary/aromatic N) is 1. The molecule has 0 saturated carbocycles. The summed E-state index contributed by atoms with van der Waals surface area (Å²) in [5, 5.41) is 4.72. The van der Waals surface area contributed by atoms with Gasteiger partial charge in [-0.3, -0.25) is 0 Å². The number of fused-ring (bicyclic) bond motifs is 4. The first-order valence-corrected chi connectivity index (χ1v) is 16.3. The number of benzene rings is 8. The highest BCUT2D eigenvalue weighted by atomic mass is 16.3. The Morgan fingerprint density at radius 2 is 0.896 bits per heavy atom. The zero-order valence-corrected chi connectivity index (χ0v) is 26.3. The van der Waals surface area contributed by atoms with E-state index in [0.717, 1.165) is 50.1 Å². The van der Waals surface area contributed by atoms with E-state index in [-0.39, 0.29) is 0 Å². The SMILES string of the molecule is c1ccc(-c2ccc(N(c3ccccc3)c3ccc(-c4cc(-c5ccc6ccccc6c5)cc5c4oc4ccccc45)cc3)cc2)cc1. The van der Waals surface area contributed by atoms with Gasteiger partial charge in [-0.15, -0.1) is 0 Å². The number of hydrogen-bond donors (Lipinski definition) is 0. The molecule has 0 radical (unpaired) electrons. The van der Waals surface area contributed by atoms with E-state index in [0.29, 0.717) is 0 Å². The molecule has 2 nitrogen and oxygen atoms in total. The Morgan fingerprint density at radius 1 is 0.333 bits per heavy atom. The highest BCUT2D eigenvalue weighted by molar-refractivity contribution is 6.11. The van der Waals surface area contributed by atoms with E-state index in [1.54, 1.807) is 0 Å². The largest absolute Gasteiger partial charge is 0.455 e. The van der Waals surface area contributed by atoms with E-state index < -0.39 is 0 Å². The van der Waals surface area contributed by atoms with Gasteiger partial charge in [0.1, 0.15) is 11.2 Å². The van der Waals surface area contributed by atoms with Crippen LogP contribution in [-0.2, 0) is 0 Å². The fourth-order valence-corrected chi connectivity index (χ4v) is 6.82. The van der Waals surface area contributed by atoms with Crippen LogP contribution in [0.2, 0.25) is 0 Å². The van der Waals surface area contributed by atoms with Gasteiger partial charge in [0.25, 0.3) is 0 Å². The number of hydrogen-bond acceptors (Lipinski definition) is 2. The lowest BCUT2D eigenvalue weighted by Crippen LogP contribution is -2.09. The zero-order valence-electron chi connectivity index (χ0n) is 26.3. The van der Waals surface area contributed by atoms with Gasteiger partial charge >= 0.3 is 0 Å². The van der Waals surface area contributed by atoms with Crippen molar-refractivity contribution in [1.82, 2.24) is 0 Å². The summed E-state index contributed by atoms with van der Waals surface area (Å²) in [6, 6.07) is 66.9. The average molecular weight is 614 g/mol. The minimum absolute atomic E-state index is 0.898. The molecule has 9 rings (SSSR count). The molecule has 8 aromatic carbocycles. The van der Waals surface area contributed by atoms with Gasteiger partial charge in [-0.2, -0.15) is 0 Å². The maximum Gasteiger partial charge on any atom is 0.143 e. The molecule has 0 amide bonds. The van der Waals surface area contributed by atoms with E-state index in [4.69, 9.17) is 4.42 Å². The molecule has 0 saturated heterocycles. The summed E-state index contributed by atoms with van der Waals surface area (Å²) >= 11 is 0. The van der Waals surface area contributed by atoms with Crippen LogP contribution in [0.3, 0.4) is 0 Å². The maximum atomic E-state index is 6.55. The van der Waals surface area contributed by atoms with Crippen molar-refractivity contribution in [3.63, 3.8) is 0 Å². The summed E-state index contributed by atoms with van der Waals surface area (Å²) in [7, 11) is 0. The highest BCUT2D eigenvalue weighted by Gasteiger charge is 2.17. The second-order valence-electron chi connectivity index (χ2n) is 12.2. The summed E-state index contributed by atoms with van der Waals surface area (Å²) in [5.41, 5.74) is 12.1. The van der Waals surface area contributed by atoms with Crippen LogP contribution in [0.1, 0.15) is 0 Å². The van der Waals surface area contributed by atoms with Crippen molar-refractivity contribution in [2.75, 3.05) is 4.90 Å². The zero-order chi connectivity index (χ0) is 31.9. The quantitative estimate of drug-likeness (QED) is 0.185. The summed E-state index contributed by atoms with van der Waals surface area (Å²) < 4.78 is 6.55. The Balaban J connectivity index is 1.16. The van der Waals surface area contributed by atoms with Crippen LogP contribution >= 0.6 is 0 Å². The molecule has 0 atom stereocenters. The summed E-state index contributed by atoms with van der Waals surface area (Å²) in [6.45, 7) is 0. The third-order valence-corrected chi connectivity index (χ3v) is 9.24. The number of para-hydroxylation sites is 2. The van der Waals surface area contributed by atoms with Crippen LogP contribution in [0.25, 0.3) is 66.1 Å². The van der Waals surface area contributed by atoms with Crippen molar-refractivity contribution in [2.45, 2.75) is 0 Å². The molecule has 0 aliphatic heterocycles. The molecular weight excluding hydrogens is 583 g/mol. The topological polar surface area (TPSA) is 16.4 Å². The fraction of sp³-hybridized carbons (Fsp3) is 0. The summed E-state index contributed by atoms with van der Waals surface area (Å²) in [6.07, 6.45) is 0. The normalized spacial score (nSPS) is 11.3. The lowest BCUT2D eigenvalue weighted by Gasteiger charge is -2.26. The van der Waals surface area contributed by atoms with Crippen LogP contribution in [0.5, 0.6) is 0 Å². The Labute approximate surface area is 279 Å². The van der Waals surface area contributed by atoms with Gasteiger partial charge in [-0.05, 0) is 99.3 Å². The third-order valence-electron chi connectivity index (χ3n) is 9.24. The Bertz CT molecular complexity index is 2530. The molecular formula is C46H31NO. The molecule has 1 aromatic heterocycles. The van der Waals surface area contributed by atoms with Crippen LogP contribution in [-0.4, -0.2) is 0 Å². The average Bonchev–Trinajstić information content (AvgIpc) is 3.54. The van der Waals surface area contributed by atoms with E-state index in [1.165, 1.54) is 33.0 Å². The minimum Gasteiger partial charge on any atom is -0.455 e. The van der Waals surface area contributed by atoms with E-state index >= 15 is 0 Å². The number of rotatable bonds is 6. The van der Waals surface area contributed by atoms with Crippen molar-refractivity contribution in [3.8, 4) is 33.4 Å². The minimum atomic E-state index is 0.898. The summed E-state index contributed by atoms with van der Waals surface area (Å²) in [5.74, 6) is 0. The third kappa shape index (κ3) is 5.01. The highest BCUT2D eigenvalue weighted by Crippen LogP contribution is 2.42. The van der Waals surface area contributed by atoms with Gasteiger partial charge in [0, 0.05) is 33.4 Å². The lowest BCUT2D eigenvalue weighted by atomic mass is 9.94. The molecule has 0 fully saturated rings. The summed E-state index contributed by atoms with van der Waals surface area (Å²) in [4.78, 5) is 2.31. The van der Waals surface area contributed by atoms with Gasteiger partial charge in [-0.1, -0.05) is 127 Å². The van der Waals surface area contributed by atoms with Crippen molar-refractivity contribution in [2.24, 2.45) is 0 Å². The van der Waals surface area contributed by atoms with Gasteiger partial charge in [0.05, 0.1) is 0 Å². The first-order valence-electron chi connectivity index (χ1n) is 16.3. The van der Waals surface area contributed by atoms with Crippen LogP contribution < -0.4 is 4.90 Å². The van der Waals surface area contributed by atoms with Crippen molar-refractivity contribution >= 4 is 49.8 Å². The molecule has 9 aromatic rings. The first kappa shape index (κ1) is 27.9. The van der Waals surface area contributed by atoms with Gasteiger partial charge in [-0.25, -0.2) is 0 Å². The van der Waals surface area contributed by atoms with Crippen LogP contribution in [0.4, 0.5) is 17.1 Å². The molecule has 0 unspecified atom stereocenters. The first-order chi connectivity index (χ1) is 23.8. The molecule has 226 valence electrons. The molecule has 0 spiro atoms. The molecule has 0 aliphatic carbocycles.